The molecule has 0 saturated carbocycles. The lowest BCUT2D eigenvalue weighted by Gasteiger charge is -2.46. The lowest BCUT2D eigenvalue weighted by molar-refractivity contribution is -0.131. The Kier molecular flexibility index (Phi) is 2.71. The summed E-state index contributed by atoms with van der Waals surface area (Å²) in [7, 11) is 0. The highest BCUT2D eigenvalue weighted by molar-refractivity contribution is 5.90. The summed E-state index contributed by atoms with van der Waals surface area (Å²) in [6, 6.07) is 6.78. The number of carbonyl (C=O) groups is 1. The Labute approximate surface area is 124 Å². The number of rotatable bonds is 1. The van der Waals surface area contributed by atoms with Crippen molar-refractivity contribution in [3.8, 4) is 0 Å². The predicted octanol–water partition coefficient (Wildman–Crippen LogP) is 3.23. The zero-order valence-electron chi connectivity index (χ0n) is 12.3. The molecule has 108 valence electrons. The van der Waals surface area contributed by atoms with Gasteiger partial charge in [0.15, 0.2) is 0 Å². The van der Waals surface area contributed by atoms with Crippen LogP contribution in [0.5, 0.6) is 0 Å². The van der Waals surface area contributed by atoms with Gasteiger partial charge in [0.25, 0.3) is 0 Å². The average Bonchev–Trinajstić information content (AvgIpc) is 2.91. The van der Waals surface area contributed by atoms with E-state index in [2.05, 4.69) is 42.9 Å². The predicted molar refractivity (Wildman–Crippen MR) is 84.2 cm³/mol. The highest BCUT2D eigenvalue weighted by Gasteiger charge is 2.40. The second-order valence-corrected chi connectivity index (χ2v) is 6.50. The van der Waals surface area contributed by atoms with Crippen LogP contribution in [0.15, 0.2) is 37.1 Å². The van der Waals surface area contributed by atoms with Crippen molar-refractivity contribution in [2.75, 3.05) is 6.54 Å². The number of carbonyl (C=O) groups excluding carboxylic acids is 1. The van der Waals surface area contributed by atoms with E-state index in [1.54, 1.807) is 0 Å². The van der Waals surface area contributed by atoms with E-state index in [-0.39, 0.29) is 11.9 Å². The van der Waals surface area contributed by atoms with Crippen LogP contribution in [-0.4, -0.2) is 28.4 Å². The summed E-state index contributed by atoms with van der Waals surface area (Å²) in [6.07, 6.45) is 5.69. The number of hydrogen-bond donors (Lipinski definition) is 1. The molecule has 1 aromatic carbocycles. The van der Waals surface area contributed by atoms with Gasteiger partial charge < -0.3 is 9.88 Å². The number of piperidine rings is 1. The zero-order chi connectivity index (χ0) is 14.6. The highest BCUT2D eigenvalue weighted by Crippen LogP contribution is 2.44. The number of aromatic nitrogens is 1. The summed E-state index contributed by atoms with van der Waals surface area (Å²) >= 11 is 0. The highest BCUT2D eigenvalue weighted by atomic mass is 16.2. The normalized spacial score (nSPS) is 27.5. The molecule has 1 aliphatic heterocycles. The van der Waals surface area contributed by atoms with Gasteiger partial charge in [0.1, 0.15) is 0 Å². The molecule has 4 rings (SSSR count). The van der Waals surface area contributed by atoms with Gasteiger partial charge in [-0.25, -0.2) is 0 Å². The largest absolute Gasteiger partial charge is 0.361 e. The fraction of sp³-hybridized carbons (Fsp3) is 0.389. The number of nitrogens with one attached hydrogen (secondary N) is 1. The van der Waals surface area contributed by atoms with Crippen molar-refractivity contribution in [3.63, 3.8) is 0 Å². The van der Waals surface area contributed by atoms with E-state index in [0.717, 1.165) is 19.4 Å². The van der Waals surface area contributed by atoms with Crippen molar-refractivity contribution in [2.24, 2.45) is 5.92 Å². The van der Waals surface area contributed by atoms with Gasteiger partial charge in [0.05, 0.1) is 0 Å². The Bertz CT molecular complexity index is 730. The fourth-order valence-corrected chi connectivity index (χ4v) is 4.29. The van der Waals surface area contributed by atoms with Crippen LogP contribution < -0.4 is 0 Å². The van der Waals surface area contributed by atoms with Crippen molar-refractivity contribution in [1.82, 2.24) is 9.88 Å². The molecule has 21 heavy (non-hydrogen) atoms. The molecule has 1 fully saturated rings. The Balaban J connectivity index is 1.85. The topological polar surface area (TPSA) is 36.1 Å². The van der Waals surface area contributed by atoms with Crippen LogP contribution in [0.4, 0.5) is 0 Å². The smallest absolute Gasteiger partial charge is 0.246 e. The summed E-state index contributed by atoms with van der Waals surface area (Å²) < 4.78 is 0. The third kappa shape index (κ3) is 1.76. The molecular formula is C18H20N2O. The Morgan fingerprint density at radius 2 is 2.33 bits per heavy atom. The van der Waals surface area contributed by atoms with Gasteiger partial charge >= 0.3 is 0 Å². The molecule has 2 aromatic rings. The maximum Gasteiger partial charge on any atom is 0.246 e. The van der Waals surface area contributed by atoms with Gasteiger partial charge in [0, 0.05) is 35.6 Å². The third-order valence-corrected chi connectivity index (χ3v) is 5.14. The van der Waals surface area contributed by atoms with E-state index in [9.17, 15) is 4.79 Å². The van der Waals surface area contributed by atoms with Crippen LogP contribution in [0.25, 0.3) is 10.9 Å². The number of nitrogens with zero attached hydrogens (tertiary/aromatic N) is 1. The Morgan fingerprint density at radius 3 is 3.14 bits per heavy atom. The quantitative estimate of drug-likeness (QED) is 0.800. The molecule has 3 heteroatoms. The maximum atomic E-state index is 12.3. The van der Waals surface area contributed by atoms with Crippen molar-refractivity contribution >= 4 is 16.8 Å². The number of hydrogen-bond acceptors (Lipinski definition) is 1. The van der Waals surface area contributed by atoms with E-state index < -0.39 is 0 Å². The van der Waals surface area contributed by atoms with E-state index in [1.807, 2.05) is 4.90 Å². The Hall–Kier alpha value is -2.03. The van der Waals surface area contributed by atoms with Crippen LogP contribution >= 0.6 is 0 Å². The first-order chi connectivity index (χ1) is 10.2. The minimum atomic E-state index is 0.0720. The maximum absolute atomic E-state index is 12.3. The molecule has 0 spiro atoms. The molecule has 2 aliphatic rings. The molecule has 3 unspecified atom stereocenters. The van der Waals surface area contributed by atoms with E-state index in [4.69, 9.17) is 0 Å². The molecule has 1 N–H and O–H groups in total. The molecule has 1 saturated heterocycles. The second kappa shape index (κ2) is 4.48. The van der Waals surface area contributed by atoms with Crippen LogP contribution in [0.3, 0.4) is 0 Å². The van der Waals surface area contributed by atoms with E-state index >= 15 is 0 Å². The molecular weight excluding hydrogens is 260 g/mol. The monoisotopic (exact) mass is 280 g/mol. The van der Waals surface area contributed by atoms with E-state index in [1.165, 1.54) is 28.1 Å². The van der Waals surface area contributed by atoms with Crippen LogP contribution in [-0.2, 0) is 11.2 Å². The average molecular weight is 280 g/mol. The first kappa shape index (κ1) is 12.7. The third-order valence-electron chi connectivity index (χ3n) is 5.14. The molecule has 3 nitrogen and oxygen atoms in total. The minimum Gasteiger partial charge on any atom is -0.361 e. The number of likely N-dealkylation sites (tertiary alicyclic amines) is 1. The summed E-state index contributed by atoms with van der Waals surface area (Å²) in [5.41, 5.74) is 3.98. The van der Waals surface area contributed by atoms with Crippen LogP contribution in [0.2, 0.25) is 0 Å². The summed E-state index contributed by atoms with van der Waals surface area (Å²) in [6.45, 7) is 6.77. The van der Waals surface area contributed by atoms with Crippen molar-refractivity contribution in [1.29, 1.82) is 0 Å². The molecule has 2 heterocycles. The number of fused-ring (bicyclic) bond motifs is 2. The van der Waals surface area contributed by atoms with Gasteiger partial charge in [-0.3, -0.25) is 4.79 Å². The van der Waals surface area contributed by atoms with Gasteiger partial charge in [-0.15, -0.1) is 0 Å². The van der Waals surface area contributed by atoms with Crippen molar-refractivity contribution < 1.29 is 4.79 Å². The summed E-state index contributed by atoms with van der Waals surface area (Å²) in [4.78, 5) is 17.7. The Morgan fingerprint density at radius 1 is 1.48 bits per heavy atom. The SMILES string of the molecule is C=CC(=O)N1CC(C)CC2c3cccc4[nH]cc(c34)CC21. The first-order valence-corrected chi connectivity index (χ1v) is 7.71. The van der Waals surface area contributed by atoms with Gasteiger partial charge in [-0.1, -0.05) is 25.6 Å². The summed E-state index contributed by atoms with van der Waals surface area (Å²) in [5.74, 6) is 1.05. The summed E-state index contributed by atoms with van der Waals surface area (Å²) in [5, 5.41) is 1.39. The number of amides is 1. The molecule has 0 bridgehead atoms. The van der Waals surface area contributed by atoms with Gasteiger partial charge in [0.2, 0.25) is 5.91 Å². The van der Waals surface area contributed by atoms with Gasteiger partial charge in [-0.2, -0.15) is 0 Å². The lowest BCUT2D eigenvalue weighted by Crippen LogP contribution is -2.51. The molecule has 1 amide bonds. The molecule has 0 radical (unpaired) electrons. The standard InChI is InChI=1S/C18H20N2O/c1-3-17(21)20-10-11(2)7-14-13-5-4-6-15-18(13)12(9-19-15)8-16(14)20/h3-6,9,11,14,16,19H,1,7-8,10H2,2H3. The first-order valence-electron chi connectivity index (χ1n) is 7.71. The van der Waals surface area contributed by atoms with E-state index in [0.29, 0.717) is 11.8 Å². The van der Waals surface area contributed by atoms with Crippen LogP contribution in [0, 0.1) is 5.92 Å². The zero-order valence-corrected chi connectivity index (χ0v) is 12.3. The molecule has 1 aromatic heterocycles. The van der Waals surface area contributed by atoms with Crippen LogP contribution in [0.1, 0.15) is 30.4 Å². The minimum absolute atomic E-state index is 0.0720. The van der Waals surface area contributed by atoms with Crippen molar-refractivity contribution in [2.45, 2.75) is 31.7 Å². The fourth-order valence-electron chi connectivity index (χ4n) is 4.29. The number of H-pyrrole nitrogens is 1. The lowest BCUT2D eigenvalue weighted by atomic mass is 9.72. The number of aromatic amines is 1. The van der Waals surface area contributed by atoms with Gasteiger partial charge in [-0.05, 0) is 42.0 Å². The second-order valence-electron chi connectivity index (χ2n) is 6.50. The number of benzene rings is 1. The molecule has 3 atom stereocenters. The molecule has 1 aliphatic carbocycles. The van der Waals surface area contributed by atoms with Crippen molar-refractivity contribution in [3.05, 3.63) is 48.2 Å².